The molecule has 2 aromatic carbocycles. The fourth-order valence-corrected chi connectivity index (χ4v) is 3.83. The number of nitrogens with one attached hydrogen (secondary N) is 2. The number of rotatable bonds is 5. The highest BCUT2D eigenvalue weighted by Gasteiger charge is 2.42. The first-order valence-corrected chi connectivity index (χ1v) is 10.4. The Hall–Kier alpha value is -3.33. The molecule has 0 radical (unpaired) electrons. The molecule has 154 valence electrons. The van der Waals surface area contributed by atoms with E-state index < -0.39 is 29.8 Å². The number of halogens is 1. The maximum atomic E-state index is 13.8. The van der Waals surface area contributed by atoms with Crippen molar-refractivity contribution in [3.8, 4) is 0 Å². The van der Waals surface area contributed by atoms with E-state index in [-0.39, 0.29) is 18.8 Å². The van der Waals surface area contributed by atoms with Gasteiger partial charge in [0.1, 0.15) is 19.0 Å². The molecule has 0 spiro atoms. The Morgan fingerprint density at radius 1 is 1.23 bits per heavy atom. The lowest BCUT2D eigenvalue weighted by Gasteiger charge is -2.32. The van der Waals surface area contributed by atoms with Crippen molar-refractivity contribution in [1.82, 2.24) is 10.2 Å². The summed E-state index contributed by atoms with van der Waals surface area (Å²) in [6, 6.07) is 12.0. The Labute approximate surface area is 176 Å². The van der Waals surface area contributed by atoms with E-state index in [0.29, 0.717) is 11.3 Å². The van der Waals surface area contributed by atoms with Gasteiger partial charge in [0.05, 0.1) is 23.0 Å². The number of hydrogen-bond acceptors (Lipinski definition) is 5. The number of urea groups is 1. The van der Waals surface area contributed by atoms with E-state index in [1.54, 1.807) is 17.8 Å². The summed E-state index contributed by atoms with van der Waals surface area (Å²) in [5.41, 5.74) is 1.39. The van der Waals surface area contributed by atoms with Gasteiger partial charge in [-0.25, -0.2) is 14.0 Å². The highest BCUT2D eigenvalue weighted by molar-refractivity contribution is 7.98. The van der Waals surface area contributed by atoms with Crippen molar-refractivity contribution in [2.24, 2.45) is 0 Å². The maximum absolute atomic E-state index is 13.8. The Balaban J connectivity index is 1.59. The SMILES string of the molecule is CSc1ccc([C@@H]2NC(=O)N(CC(=O)Nc3ccccc3F)C3=C2C(=O)OC3)cc1. The summed E-state index contributed by atoms with van der Waals surface area (Å²) in [6.07, 6.45) is 1.95. The van der Waals surface area contributed by atoms with Crippen LogP contribution in [-0.4, -0.2) is 42.2 Å². The van der Waals surface area contributed by atoms with Crippen molar-refractivity contribution < 1.29 is 23.5 Å². The van der Waals surface area contributed by atoms with Crippen LogP contribution < -0.4 is 10.6 Å². The third kappa shape index (κ3) is 3.76. The van der Waals surface area contributed by atoms with Crippen LogP contribution in [0.5, 0.6) is 0 Å². The van der Waals surface area contributed by atoms with Gasteiger partial charge in [-0.3, -0.25) is 9.69 Å². The first kappa shape index (κ1) is 20.0. The van der Waals surface area contributed by atoms with Gasteiger partial charge in [-0.15, -0.1) is 11.8 Å². The molecule has 3 amide bonds. The van der Waals surface area contributed by atoms with E-state index in [1.165, 1.54) is 18.2 Å². The summed E-state index contributed by atoms with van der Waals surface area (Å²) in [5.74, 6) is -1.71. The van der Waals surface area contributed by atoms with E-state index in [2.05, 4.69) is 10.6 Å². The van der Waals surface area contributed by atoms with Gasteiger partial charge in [0.2, 0.25) is 5.91 Å². The maximum Gasteiger partial charge on any atom is 0.338 e. The summed E-state index contributed by atoms with van der Waals surface area (Å²) >= 11 is 1.58. The number of anilines is 1. The van der Waals surface area contributed by atoms with Crippen LogP contribution in [0.25, 0.3) is 0 Å². The number of benzene rings is 2. The Morgan fingerprint density at radius 2 is 1.97 bits per heavy atom. The number of esters is 1. The number of carbonyl (C=O) groups excluding carboxylic acids is 3. The van der Waals surface area contributed by atoms with Crippen molar-refractivity contribution in [3.05, 3.63) is 71.2 Å². The fourth-order valence-electron chi connectivity index (χ4n) is 3.42. The predicted molar refractivity (Wildman–Crippen MR) is 109 cm³/mol. The van der Waals surface area contributed by atoms with E-state index >= 15 is 0 Å². The van der Waals surface area contributed by atoms with E-state index in [1.807, 2.05) is 30.5 Å². The van der Waals surface area contributed by atoms with Crippen LogP contribution in [0.4, 0.5) is 14.9 Å². The van der Waals surface area contributed by atoms with Gasteiger partial charge < -0.3 is 15.4 Å². The van der Waals surface area contributed by atoms with E-state index in [9.17, 15) is 18.8 Å². The summed E-state index contributed by atoms with van der Waals surface area (Å²) in [5, 5.41) is 5.21. The Kier molecular flexibility index (Phi) is 5.45. The summed E-state index contributed by atoms with van der Waals surface area (Å²) in [7, 11) is 0. The van der Waals surface area contributed by atoms with Crippen LogP contribution in [0.2, 0.25) is 0 Å². The second kappa shape index (κ2) is 8.19. The van der Waals surface area contributed by atoms with E-state index in [4.69, 9.17) is 4.74 Å². The molecule has 2 aromatic rings. The van der Waals surface area contributed by atoms with Gasteiger partial charge in [0, 0.05) is 4.90 Å². The normalized spacial score (nSPS) is 18.1. The average molecular weight is 427 g/mol. The Morgan fingerprint density at radius 3 is 2.67 bits per heavy atom. The molecule has 0 bridgehead atoms. The number of cyclic esters (lactones) is 1. The molecule has 2 aliphatic heterocycles. The van der Waals surface area contributed by atoms with Gasteiger partial charge in [-0.1, -0.05) is 24.3 Å². The van der Waals surface area contributed by atoms with Crippen molar-refractivity contribution in [1.29, 1.82) is 0 Å². The molecule has 7 nitrogen and oxygen atoms in total. The van der Waals surface area contributed by atoms with Gasteiger partial charge in [-0.05, 0) is 36.1 Å². The molecule has 1 atom stereocenters. The molecule has 0 unspecified atom stereocenters. The van der Waals surface area contributed by atoms with Crippen LogP contribution in [-0.2, 0) is 14.3 Å². The zero-order valence-corrected chi connectivity index (χ0v) is 16.8. The second-order valence-corrected chi connectivity index (χ2v) is 7.59. The lowest BCUT2D eigenvalue weighted by Crippen LogP contribution is -2.49. The smallest absolute Gasteiger partial charge is 0.338 e. The minimum atomic E-state index is -0.663. The van der Waals surface area contributed by atoms with Gasteiger partial charge in [0.25, 0.3) is 0 Å². The molecule has 9 heteroatoms. The van der Waals surface area contributed by atoms with Gasteiger partial charge in [-0.2, -0.15) is 0 Å². The molecule has 2 N–H and O–H groups in total. The Bertz CT molecular complexity index is 1050. The minimum Gasteiger partial charge on any atom is -0.456 e. The molecule has 0 fully saturated rings. The quantitative estimate of drug-likeness (QED) is 0.566. The topological polar surface area (TPSA) is 87.7 Å². The monoisotopic (exact) mass is 427 g/mol. The molecular weight excluding hydrogens is 409 g/mol. The first-order valence-electron chi connectivity index (χ1n) is 9.14. The third-order valence-corrected chi connectivity index (χ3v) is 5.64. The molecule has 0 saturated heterocycles. The van der Waals surface area contributed by atoms with Crippen molar-refractivity contribution in [3.63, 3.8) is 0 Å². The number of thioether (sulfide) groups is 1. The third-order valence-electron chi connectivity index (χ3n) is 4.90. The van der Waals surface area contributed by atoms with Crippen LogP contribution in [0.1, 0.15) is 11.6 Å². The molecule has 0 aliphatic carbocycles. The number of amides is 3. The van der Waals surface area contributed by atoms with Crippen LogP contribution in [0, 0.1) is 5.82 Å². The molecule has 2 aliphatic rings. The average Bonchev–Trinajstić information content (AvgIpc) is 3.13. The molecule has 30 heavy (non-hydrogen) atoms. The summed E-state index contributed by atoms with van der Waals surface area (Å²) < 4.78 is 18.9. The fraction of sp³-hybridized carbons (Fsp3) is 0.190. The summed E-state index contributed by atoms with van der Waals surface area (Å²) in [4.78, 5) is 39.8. The lowest BCUT2D eigenvalue weighted by atomic mass is 9.96. The molecular formula is C21H18FN3O4S. The predicted octanol–water partition coefficient (Wildman–Crippen LogP) is 3.06. The zero-order valence-electron chi connectivity index (χ0n) is 16.0. The molecule has 2 heterocycles. The lowest BCUT2D eigenvalue weighted by molar-refractivity contribution is -0.136. The second-order valence-electron chi connectivity index (χ2n) is 6.71. The molecule has 0 saturated carbocycles. The zero-order chi connectivity index (χ0) is 21.3. The number of carbonyl (C=O) groups is 3. The number of ether oxygens (including phenoxy) is 1. The highest BCUT2D eigenvalue weighted by Crippen LogP contribution is 2.35. The van der Waals surface area contributed by atoms with Crippen LogP contribution in [0.15, 0.2) is 64.7 Å². The van der Waals surface area contributed by atoms with Crippen LogP contribution in [0.3, 0.4) is 0 Å². The summed E-state index contributed by atoms with van der Waals surface area (Å²) in [6.45, 7) is -0.484. The highest BCUT2D eigenvalue weighted by atomic mass is 32.2. The standard InChI is InChI=1S/C21H18FN3O4S/c1-30-13-8-6-12(7-9-13)19-18-16(11-29-20(18)27)25(21(28)24-19)10-17(26)23-15-5-3-2-4-14(15)22/h2-9,19H,10-11H2,1H3,(H,23,26)(H,24,28)/t19-/m0/s1. The van der Waals surface area contributed by atoms with Crippen LogP contribution >= 0.6 is 11.8 Å². The molecule has 4 rings (SSSR count). The van der Waals surface area contributed by atoms with Crippen molar-refractivity contribution in [2.45, 2.75) is 10.9 Å². The van der Waals surface area contributed by atoms with E-state index in [0.717, 1.165) is 15.4 Å². The minimum absolute atomic E-state index is 0.0135. The first-order chi connectivity index (χ1) is 14.5. The number of nitrogens with zero attached hydrogens (tertiary/aromatic N) is 1. The van der Waals surface area contributed by atoms with Gasteiger partial charge >= 0.3 is 12.0 Å². The van der Waals surface area contributed by atoms with Crippen molar-refractivity contribution >= 4 is 35.4 Å². The van der Waals surface area contributed by atoms with Crippen molar-refractivity contribution in [2.75, 3.05) is 24.7 Å². The van der Waals surface area contributed by atoms with Gasteiger partial charge in [0.15, 0.2) is 0 Å². The number of hydrogen-bond donors (Lipinski definition) is 2. The number of para-hydroxylation sites is 1. The largest absolute Gasteiger partial charge is 0.456 e. The molecule has 0 aromatic heterocycles.